The monoisotopic (exact) mass is 301 g/mol. The van der Waals surface area contributed by atoms with E-state index in [0.717, 1.165) is 12.8 Å². The van der Waals surface area contributed by atoms with E-state index in [9.17, 15) is 10.1 Å². The van der Waals surface area contributed by atoms with Gasteiger partial charge in [0, 0.05) is 5.26 Å². The quantitative estimate of drug-likeness (QED) is 0.162. The molecule has 0 bridgehead atoms. The Balaban J connectivity index is 2.98. The van der Waals surface area contributed by atoms with Gasteiger partial charge in [0.05, 0.1) is 6.61 Å². The number of ether oxygens (including phenoxy) is 1. The number of rotatable bonds is 15. The van der Waals surface area contributed by atoms with Crippen molar-refractivity contribution in [1.82, 2.24) is 0 Å². The van der Waals surface area contributed by atoms with Gasteiger partial charge in [-0.25, -0.2) is 9.68 Å². The third kappa shape index (κ3) is 17.2. The topological polar surface area (TPSA) is 55.4 Å². The first-order valence-electron chi connectivity index (χ1n) is 8.77. The molecule has 0 atom stereocenters. The summed E-state index contributed by atoms with van der Waals surface area (Å²) in [7, 11) is 0. The average molecular weight is 301 g/mol. The Labute approximate surface area is 130 Å². The summed E-state index contributed by atoms with van der Waals surface area (Å²) in [6.07, 6.45) is 16.9. The Morgan fingerprint density at radius 3 is 1.43 bits per heavy atom. The van der Waals surface area contributed by atoms with Crippen LogP contribution in [-0.2, 0) is 14.9 Å². The van der Waals surface area contributed by atoms with Gasteiger partial charge in [0.25, 0.3) is 0 Å². The first-order valence-corrected chi connectivity index (χ1v) is 8.77. The fourth-order valence-corrected chi connectivity index (χ4v) is 2.48. The maximum atomic E-state index is 10.4. The molecule has 0 aromatic rings. The van der Waals surface area contributed by atoms with Gasteiger partial charge in [-0.2, -0.15) is 0 Å². The van der Waals surface area contributed by atoms with Crippen molar-refractivity contribution >= 4 is 6.16 Å². The molecule has 0 saturated heterocycles. The Kier molecular flexibility index (Phi) is 16.6. The lowest BCUT2D eigenvalue weighted by Crippen LogP contribution is -2.04. The smallest absolute Gasteiger partial charge is 0.432 e. The molecule has 0 saturated carbocycles. The van der Waals surface area contributed by atoms with Crippen LogP contribution >= 0.6 is 0 Å². The summed E-state index contributed by atoms with van der Waals surface area (Å²) < 4.78 is 4.52. The normalized spacial score (nSPS) is 10.6. The molecule has 0 aliphatic rings. The van der Waals surface area contributed by atoms with Crippen LogP contribution in [-0.4, -0.2) is 12.8 Å². The Hall–Kier alpha value is -0.770. The third-order valence-corrected chi connectivity index (χ3v) is 3.79. The molecular weight excluding hydrogens is 268 g/mol. The van der Waals surface area contributed by atoms with E-state index in [0.29, 0.717) is 6.61 Å². The minimum Gasteiger partial charge on any atom is -0.432 e. The first kappa shape index (κ1) is 20.2. The van der Waals surface area contributed by atoms with Gasteiger partial charge < -0.3 is 4.74 Å². The van der Waals surface area contributed by atoms with E-state index >= 15 is 0 Å². The van der Waals surface area contributed by atoms with Gasteiger partial charge in [-0.05, 0) is 6.42 Å². The van der Waals surface area contributed by atoms with Crippen molar-refractivity contribution in [3.8, 4) is 0 Å². The Bertz CT molecular complexity index is 219. The molecule has 0 N–H and O–H groups in total. The zero-order chi connectivity index (χ0) is 15.6. The summed E-state index contributed by atoms with van der Waals surface area (Å²) in [5.41, 5.74) is 0. The molecule has 1 radical (unpaired) electrons. The van der Waals surface area contributed by atoms with Gasteiger partial charge in [0.2, 0.25) is 0 Å². The highest BCUT2D eigenvalue weighted by Gasteiger charge is 2.01. The maximum Gasteiger partial charge on any atom is 0.542 e. The predicted molar refractivity (Wildman–Crippen MR) is 83.4 cm³/mol. The van der Waals surface area contributed by atoms with Crippen molar-refractivity contribution in [3.05, 3.63) is 0 Å². The summed E-state index contributed by atoms with van der Waals surface area (Å²) in [5, 5.41) is 9.63. The minimum absolute atomic E-state index is 0.291. The highest BCUT2D eigenvalue weighted by atomic mass is 17.1. The number of carbonyl (C=O) groups excluding carboxylic acids is 1. The second-order valence-corrected chi connectivity index (χ2v) is 5.78. The summed E-state index contributed by atoms with van der Waals surface area (Å²) in [6.45, 7) is 2.55. The lowest BCUT2D eigenvalue weighted by atomic mass is 10.0. The lowest BCUT2D eigenvalue weighted by molar-refractivity contribution is -0.260. The third-order valence-electron chi connectivity index (χ3n) is 3.79. The number of hydrogen-bond acceptors (Lipinski definition) is 3. The van der Waals surface area contributed by atoms with E-state index in [-0.39, 0.29) is 0 Å². The van der Waals surface area contributed by atoms with Crippen molar-refractivity contribution in [3.63, 3.8) is 0 Å². The molecule has 0 rings (SSSR count). The van der Waals surface area contributed by atoms with Crippen LogP contribution in [0.2, 0.25) is 0 Å². The summed E-state index contributed by atoms with van der Waals surface area (Å²) in [4.78, 5) is 13.5. The molecule has 0 aliphatic carbocycles. The van der Waals surface area contributed by atoms with Crippen LogP contribution in [0.4, 0.5) is 4.79 Å². The molecule has 125 valence electrons. The molecular formula is C17H33O4. The molecule has 0 aliphatic heterocycles. The van der Waals surface area contributed by atoms with Crippen LogP contribution in [0.15, 0.2) is 0 Å². The van der Waals surface area contributed by atoms with Crippen LogP contribution in [0.5, 0.6) is 0 Å². The molecule has 0 fully saturated rings. The highest BCUT2D eigenvalue weighted by Crippen LogP contribution is 2.12. The van der Waals surface area contributed by atoms with Crippen LogP contribution < -0.4 is 0 Å². The van der Waals surface area contributed by atoms with E-state index < -0.39 is 6.16 Å². The molecule has 0 heterocycles. The number of unbranched alkanes of at least 4 members (excludes halogenated alkanes) is 13. The van der Waals surface area contributed by atoms with E-state index in [1.54, 1.807) is 0 Å². The molecule has 0 spiro atoms. The van der Waals surface area contributed by atoms with Crippen molar-refractivity contribution in [2.75, 3.05) is 6.61 Å². The van der Waals surface area contributed by atoms with Gasteiger partial charge in [0.15, 0.2) is 0 Å². The van der Waals surface area contributed by atoms with Crippen molar-refractivity contribution in [2.45, 2.75) is 96.8 Å². The van der Waals surface area contributed by atoms with Gasteiger partial charge in [-0.1, -0.05) is 90.4 Å². The van der Waals surface area contributed by atoms with Crippen LogP contribution in [0.1, 0.15) is 96.8 Å². The SMILES string of the molecule is CCCCCCCCCCCCCCCCOC(=O)O[O]. The fourth-order valence-electron chi connectivity index (χ4n) is 2.48. The zero-order valence-corrected chi connectivity index (χ0v) is 13.7. The lowest BCUT2D eigenvalue weighted by Gasteiger charge is -2.03. The van der Waals surface area contributed by atoms with Crippen LogP contribution in [0, 0.1) is 0 Å². The van der Waals surface area contributed by atoms with Crippen molar-refractivity contribution < 1.29 is 19.7 Å². The summed E-state index contributed by atoms with van der Waals surface area (Å²) in [6, 6.07) is 0. The second kappa shape index (κ2) is 17.3. The van der Waals surface area contributed by atoms with E-state index in [4.69, 9.17) is 0 Å². The molecule has 21 heavy (non-hydrogen) atoms. The minimum atomic E-state index is -1.12. The highest BCUT2D eigenvalue weighted by molar-refractivity contribution is 5.58. The van der Waals surface area contributed by atoms with Gasteiger partial charge >= 0.3 is 6.16 Å². The van der Waals surface area contributed by atoms with Crippen molar-refractivity contribution in [2.24, 2.45) is 0 Å². The predicted octanol–water partition coefficient (Wildman–Crippen LogP) is 5.97. The zero-order valence-electron chi connectivity index (χ0n) is 13.7. The molecule has 0 aromatic carbocycles. The second-order valence-electron chi connectivity index (χ2n) is 5.78. The molecule has 0 unspecified atom stereocenters. The molecule has 4 nitrogen and oxygen atoms in total. The van der Waals surface area contributed by atoms with Gasteiger partial charge in [0.1, 0.15) is 0 Å². The van der Waals surface area contributed by atoms with Gasteiger partial charge in [-0.15, -0.1) is 0 Å². The molecule has 0 aromatic heterocycles. The Morgan fingerprint density at radius 2 is 1.05 bits per heavy atom. The molecule has 4 heteroatoms. The summed E-state index contributed by atoms with van der Waals surface area (Å²) in [5.74, 6) is 0. The molecule has 0 amide bonds. The largest absolute Gasteiger partial charge is 0.542 e. The van der Waals surface area contributed by atoms with Crippen LogP contribution in [0.3, 0.4) is 0 Å². The maximum absolute atomic E-state index is 10.4. The van der Waals surface area contributed by atoms with Gasteiger partial charge in [-0.3, -0.25) is 0 Å². The Morgan fingerprint density at radius 1 is 0.667 bits per heavy atom. The number of hydrogen-bond donors (Lipinski definition) is 0. The first-order chi connectivity index (χ1) is 10.3. The van der Waals surface area contributed by atoms with E-state index in [1.165, 1.54) is 77.0 Å². The van der Waals surface area contributed by atoms with E-state index in [2.05, 4.69) is 16.5 Å². The summed E-state index contributed by atoms with van der Waals surface area (Å²) >= 11 is 0. The fraction of sp³-hybridized carbons (Fsp3) is 0.941. The average Bonchev–Trinajstić information content (AvgIpc) is 2.50. The van der Waals surface area contributed by atoms with Crippen LogP contribution in [0.25, 0.3) is 0 Å². The van der Waals surface area contributed by atoms with E-state index in [1.807, 2.05) is 0 Å². The standard InChI is InChI=1S/C17H33O4/c1-2-3-4-5-6-7-8-9-10-11-12-13-14-15-16-20-17(18)21-19/h2-16H2,1H3. The van der Waals surface area contributed by atoms with Crippen molar-refractivity contribution in [1.29, 1.82) is 0 Å². The number of carbonyl (C=O) groups is 1.